The van der Waals surface area contributed by atoms with E-state index in [1.54, 1.807) is 17.0 Å². The molecule has 1 aromatic heterocycles. The SMILES string of the molecule is O=C(Nc1nnc(Cc2ccc(Cl)cc2)s1)[C@H]1CC(=O)N(CCc2ccc(F)cc2)C1. The van der Waals surface area contributed by atoms with Gasteiger partial charge in [0.2, 0.25) is 16.9 Å². The van der Waals surface area contributed by atoms with Gasteiger partial charge < -0.3 is 10.2 Å². The van der Waals surface area contributed by atoms with Crippen molar-refractivity contribution in [1.82, 2.24) is 15.1 Å². The van der Waals surface area contributed by atoms with Crippen LogP contribution in [-0.2, 0) is 22.4 Å². The topological polar surface area (TPSA) is 75.2 Å². The summed E-state index contributed by atoms with van der Waals surface area (Å²) in [6.45, 7) is 0.862. The Morgan fingerprint density at radius 1 is 1.13 bits per heavy atom. The van der Waals surface area contributed by atoms with Gasteiger partial charge in [-0.15, -0.1) is 10.2 Å². The molecule has 1 aliphatic rings. The highest BCUT2D eigenvalue weighted by Gasteiger charge is 2.34. The lowest BCUT2D eigenvalue weighted by Crippen LogP contribution is -2.30. The third-order valence-electron chi connectivity index (χ3n) is 5.13. The summed E-state index contributed by atoms with van der Waals surface area (Å²) in [6.07, 6.45) is 1.39. The molecule has 0 unspecified atom stereocenters. The number of hydrogen-bond donors (Lipinski definition) is 1. The molecule has 9 heteroatoms. The summed E-state index contributed by atoms with van der Waals surface area (Å²) in [5.41, 5.74) is 2.00. The number of halogens is 2. The summed E-state index contributed by atoms with van der Waals surface area (Å²) in [6, 6.07) is 13.7. The van der Waals surface area contributed by atoms with E-state index >= 15 is 0 Å². The molecule has 4 rings (SSSR count). The monoisotopic (exact) mass is 458 g/mol. The zero-order valence-corrected chi connectivity index (χ0v) is 18.1. The van der Waals surface area contributed by atoms with Crippen LogP contribution in [0.3, 0.4) is 0 Å². The Hall–Kier alpha value is -2.84. The largest absolute Gasteiger partial charge is 0.342 e. The predicted molar refractivity (Wildman–Crippen MR) is 118 cm³/mol. The molecule has 1 aliphatic heterocycles. The maximum atomic E-state index is 13.0. The van der Waals surface area contributed by atoms with Crippen LogP contribution in [0.25, 0.3) is 0 Å². The van der Waals surface area contributed by atoms with Crippen LogP contribution in [0, 0.1) is 11.7 Å². The van der Waals surface area contributed by atoms with Crippen LogP contribution in [0.2, 0.25) is 5.02 Å². The highest BCUT2D eigenvalue weighted by Crippen LogP contribution is 2.23. The fraction of sp³-hybridized carbons (Fsp3) is 0.273. The van der Waals surface area contributed by atoms with Gasteiger partial charge in [0, 0.05) is 31.0 Å². The van der Waals surface area contributed by atoms with E-state index in [2.05, 4.69) is 15.5 Å². The van der Waals surface area contributed by atoms with Crippen LogP contribution in [-0.4, -0.2) is 40.0 Å². The van der Waals surface area contributed by atoms with Crippen molar-refractivity contribution in [3.8, 4) is 0 Å². The third kappa shape index (κ3) is 5.65. The smallest absolute Gasteiger partial charge is 0.231 e. The number of nitrogens with one attached hydrogen (secondary N) is 1. The van der Waals surface area contributed by atoms with Crippen LogP contribution in [0.5, 0.6) is 0 Å². The Labute approximate surface area is 188 Å². The number of anilines is 1. The second kappa shape index (κ2) is 9.53. The van der Waals surface area contributed by atoms with Crippen molar-refractivity contribution >= 4 is 39.9 Å². The van der Waals surface area contributed by atoms with Gasteiger partial charge in [-0.3, -0.25) is 9.59 Å². The van der Waals surface area contributed by atoms with Gasteiger partial charge in [-0.25, -0.2) is 4.39 Å². The van der Waals surface area contributed by atoms with Gasteiger partial charge in [-0.2, -0.15) is 0 Å². The molecule has 1 N–H and O–H groups in total. The molecule has 0 aliphatic carbocycles. The van der Waals surface area contributed by atoms with Crippen molar-refractivity contribution in [3.05, 3.63) is 75.5 Å². The van der Waals surface area contributed by atoms with Crippen LogP contribution < -0.4 is 5.32 Å². The molecule has 1 saturated heterocycles. The summed E-state index contributed by atoms with van der Waals surface area (Å²) in [4.78, 5) is 26.6. The molecule has 1 fully saturated rings. The Bertz CT molecular complexity index is 1070. The molecule has 3 aromatic rings. The second-order valence-electron chi connectivity index (χ2n) is 7.41. The summed E-state index contributed by atoms with van der Waals surface area (Å²) in [5.74, 6) is -0.996. The average Bonchev–Trinajstić information content (AvgIpc) is 3.35. The number of nitrogens with zero attached hydrogens (tertiary/aromatic N) is 3. The zero-order chi connectivity index (χ0) is 21.8. The molecule has 1 atom stereocenters. The Kier molecular flexibility index (Phi) is 6.58. The zero-order valence-electron chi connectivity index (χ0n) is 16.6. The minimum atomic E-state index is -0.427. The first-order valence-electron chi connectivity index (χ1n) is 9.86. The number of amides is 2. The molecular formula is C22H20ClFN4O2S. The molecule has 2 heterocycles. The van der Waals surface area contributed by atoms with Gasteiger partial charge in [0.1, 0.15) is 10.8 Å². The lowest BCUT2D eigenvalue weighted by Gasteiger charge is -2.16. The minimum Gasteiger partial charge on any atom is -0.342 e. The van der Waals surface area contributed by atoms with Crippen molar-refractivity contribution in [2.24, 2.45) is 5.92 Å². The highest BCUT2D eigenvalue weighted by atomic mass is 35.5. The van der Waals surface area contributed by atoms with E-state index in [-0.39, 0.29) is 24.1 Å². The van der Waals surface area contributed by atoms with Crippen LogP contribution in [0.15, 0.2) is 48.5 Å². The van der Waals surface area contributed by atoms with E-state index in [1.807, 2.05) is 24.3 Å². The Balaban J connectivity index is 1.28. The maximum absolute atomic E-state index is 13.0. The Morgan fingerprint density at radius 2 is 1.84 bits per heavy atom. The molecule has 160 valence electrons. The van der Waals surface area contributed by atoms with E-state index in [0.29, 0.717) is 36.1 Å². The van der Waals surface area contributed by atoms with E-state index < -0.39 is 5.92 Å². The molecule has 2 amide bonds. The normalized spacial score (nSPS) is 16.0. The van der Waals surface area contributed by atoms with Gasteiger partial charge in [0.25, 0.3) is 0 Å². The van der Waals surface area contributed by atoms with E-state index in [0.717, 1.165) is 16.1 Å². The van der Waals surface area contributed by atoms with Gasteiger partial charge in [-0.05, 0) is 41.8 Å². The molecule has 31 heavy (non-hydrogen) atoms. The van der Waals surface area contributed by atoms with Crippen LogP contribution in [0.4, 0.5) is 9.52 Å². The second-order valence-corrected chi connectivity index (χ2v) is 8.91. The van der Waals surface area contributed by atoms with Gasteiger partial charge >= 0.3 is 0 Å². The highest BCUT2D eigenvalue weighted by molar-refractivity contribution is 7.15. The molecule has 0 spiro atoms. The van der Waals surface area contributed by atoms with Crippen LogP contribution >= 0.6 is 22.9 Å². The van der Waals surface area contributed by atoms with Crippen molar-refractivity contribution in [1.29, 1.82) is 0 Å². The van der Waals surface area contributed by atoms with Crippen molar-refractivity contribution in [3.63, 3.8) is 0 Å². The number of aromatic nitrogens is 2. The number of likely N-dealkylation sites (tertiary alicyclic amines) is 1. The first kappa shape index (κ1) is 21.4. The van der Waals surface area contributed by atoms with Gasteiger partial charge in [0.05, 0.1) is 5.92 Å². The quantitative estimate of drug-likeness (QED) is 0.581. The first-order valence-corrected chi connectivity index (χ1v) is 11.1. The number of hydrogen-bond acceptors (Lipinski definition) is 5. The lowest BCUT2D eigenvalue weighted by atomic mass is 10.1. The standard InChI is InChI=1S/C22H20ClFN4O2S/c23-17-5-1-15(2-6-17)11-19-26-27-22(31-19)25-21(30)16-12-20(29)28(13-16)10-9-14-3-7-18(24)8-4-14/h1-8,16H,9-13H2,(H,25,27,30)/t16-/m0/s1. The fourth-order valence-electron chi connectivity index (χ4n) is 3.44. The minimum absolute atomic E-state index is 0.0528. The summed E-state index contributed by atoms with van der Waals surface area (Å²) < 4.78 is 13.0. The summed E-state index contributed by atoms with van der Waals surface area (Å²) in [7, 11) is 0. The van der Waals surface area contributed by atoms with Crippen LogP contribution in [0.1, 0.15) is 22.6 Å². The number of carbonyl (C=O) groups excluding carboxylic acids is 2. The van der Waals surface area contributed by atoms with Gasteiger partial charge in [-0.1, -0.05) is 47.2 Å². The van der Waals surface area contributed by atoms with Crippen molar-refractivity contribution in [2.75, 3.05) is 18.4 Å². The molecule has 0 saturated carbocycles. The number of benzene rings is 2. The van der Waals surface area contributed by atoms with E-state index in [9.17, 15) is 14.0 Å². The maximum Gasteiger partial charge on any atom is 0.231 e. The molecule has 6 nitrogen and oxygen atoms in total. The fourth-order valence-corrected chi connectivity index (χ4v) is 4.34. The van der Waals surface area contributed by atoms with Crippen molar-refractivity contribution in [2.45, 2.75) is 19.3 Å². The third-order valence-corrected chi connectivity index (χ3v) is 6.23. The lowest BCUT2D eigenvalue weighted by molar-refractivity contribution is -0.128. The molecule has 0 bridgehead atoms. The summed E-state index contributed by atoms with van der Waals surface area (Å²) in [5, 5.41) is 12.8. The predicted octanol–water partition coefficient (Wildman–Crippen LogP) is 3.95. The van der Waals surface area contributed by atoms with Gasteiger partial charge in [0.15, 0.2) is 0 Å². The van der Waals surface area contributed by atoms with E-state index in [4.69, 9.17) is 11.6 Å². The molecule has 0 radical (unpaired) electrons. The average molecular weight is 459 g/mol. The summed E-state index contributed by atoms with van der Waals surface area (Å²) >= 11 is 7.21. The number of carbonyl (C=O) groups is 2. The molecular weight excluding hydrogens is 439 g/mol. The number of rotatable bonds is 7. The molecule has 2 aromatic carbocycles. The van der Waals surface area contributed by atoms with Crippen molar-refractivity contribution < 1.29 is 14.0 Å². The Morgan fingerprint density at radius 3 is 2.58 bits per heavy atom. The van der Waals surface area contributed by atoms with E-state index in [1.165, 1.54) is 23.5 Å². The first-order chi connectivity index (χ1) is 15.0.